The molecule has 1 aromatic carbocycles. The summed E-state index contributed by atoms with van der Waals surface area (Å²) in [7, 11) is 0. The minimum atomic E-state index is -0.121. The highest BCUT2D eigenvalue weighted by Crippen LogP contribution is 2.19. The first-order valence-corrected chi connectivity index (χ1v) is 6.04. The average Bonchev–Trinajstić information content (AvgIpc) is 2.24. The molecule has 0 bridgehead atoms. The fraction of sp³-hybridized carbons (Fsp3) is 0.364. The number of benzene rings is 1. The predicted octanol–water partition coefficient (Wildman–Crippen LogP) is 2.66. The third kappa shape index (κ3) is 3.84. The zero-order valence-corrected chi connectivity index (χ0v) is 10.9. The number of hydrogen-bond donors (Lipinski definition) is 1. The molecule has 1 amide bonds. The summed E-state index contributed by atoms with van der Waals surface area (Å²) in [4.78, 5) is 10.9. The van der Waals surface area contributed by atoms with E-state index in [2.05, 4.69) is 34.2 Å². The zero-order chi connectivity index (χ0) is 11.3. The number of hydrogen-bond acceptors (Lipinski definition) is 1. The summed E-state index contributed by atoms with van der Waals surface area (Å²) in [6, 6.07) is 6.07. The van der Waals surface area contributed by atoms with Crippen LogP contribution in [0, 0.1) is 6.92 Å². The van der Waals surface area contributed by atoms with Gasteiger partial charge < -0.3 is 5.32 Å². The van der Waals surface area contributed by atoms with Crippen molar-refractivity contribution in [3.8, 4) is 0 Å². The van der Waals surface area contributed by atoms with Crippen LogP contribution in [0.1, 0.15) is 11.1 Å². The summed E-state index contributed by atoms with van der Waals surface area (Å²) in [5.41, 5.74) is 2.46. The first kappa shape index (κ1) is 12.5. The smallest absolute Gasteiger partial charge is 0.234 e. The van der Waals surface area contributed by atoms with E-state index < -0.39 is 0 Å². The Morgan fingerprint density at radius 2 is 2.27 bits per heavy atom. The molecule has 1 rings (SSSR count). The van der Waals surface area contributed by atoms with Crippen LogP contribution in [0.15, 0.2) is 22.7 Å². The lowest BCUT2D eigenvalue weighted by atomic mass is 10.1. The van der Waals surface area contributed by atoms with Crippen molar-refractivity contribution >= 4 is 33.4 Å². The quantitative estimate of drug-likeness (QED) is 0.849. The van der Waals surface area contributed by atoms with Crippen molar-refractivity contribution in [2.45, 2.75) is 13.3 Å². The number of halogens is 2. The summed E-state index contributed by atoms with van der Waals surface area (Å²) in [6.45, 7) is 2.69. The van der Waals surface area contributed by atoms with Gasteiger partial charge in [0.2, 0.25) is 5.91 Å². The van der Waals surface area contributed by atoms with Gasteiger partial charge in [-0.05, 0) is 30.5 Å². The van der Waals surface area contributed by atoms with Crippen LogP contribution in [0.2, 0.25) is 0 Å². The van der Waals surface area contributed by atoms with Crippen LogP contribution in [0.3, 0.4) is 0 Å². The van der Waals surface area contributed by atoms with Crippen LogP contribution in [0.5, 0.6) is 0 Å². The summed E-state index contributed by atoms with van der Waals surface area (Å²) < 4.78 is 1.10. The molecular weight excluding hydrogens is 277 g/mol. The van der Waals surface area contributed by atoms with E-state index in [1.54, 1.807) is 0 Å². The van der Waals surface area contributed by atoms with Gasteiger partial charge in [-0.25, -0.2) is 0 Å². The summed E-state index contributed by atoms with van der Waals surface area (Å²) in [5, 5.41) is 2.74. The fourth-order valence-electron chi connectivity index (χ4n) is 1.31. The van der Waals surface area contributed by atoms with E-state index in [1.165, 1.54) is 11.1 Å². The molecule has 4 heteroatoms. The molecule has 0 spiro atoms. The number of carbonyl (C=O) groups is 1. The lowest BCUT2D eigenvalue weighted by Gasteiger charge is -2.07. The van der Waals surface area contributed by atoms with Crippen molar-refractivity contribution in [3.63, 3.8) is 0 Å². The van der Waals surface area contributed by atoms with E-state index in [1.807, 2.05) is 12.1 Å². The molecule has 15 heavy (non-hydrogen) atoms. The maximum Gasteiger partial charge on any atom is 0.234 e. The molecule has 0 aliphatic carbocycles. The molecule has 0 aromatic heterocycles. The van der Waals surface area contributed by atoms with Gasteiger partial charge in [-0.1, -0.05) is 28.1 Å². The molecule has 0 fully saturated rings. The highest BCUT2D eigenvalue weighted by atomic mass is 79.9. The van der Waals surface area contributed by atoms with E-state index in [0.29, 0.717) is 6.54 Å². The van der Waals surface area contributed by atoms with Crippen molar-refractivity contribution in [3.05, 3.63) is 33.8 Å². The molecule has 1 N–H and O–H groups in total. The number of rotatable bonds is 4. The molecule has 0 radical (unpaired) electrons. The normalized spacial score (nSPS) is 10.1. The number of amides is 1. The first-order valence-electron chi connectivity index (χ1n) is 4.72. The molecule has 0 heterocycles. The Balaban J connectivity index is 2.51. The van der Waals surface area contributed by atoms with E-state index >= 15 is 0 Å². The molecule has 0 unspecified atom stereocenters. The number of carbonyl (C=O) groups excluding carboxylic acids is 1. The second-order valence-electron chi connectivity index (χ2n) is 3.26. The van der Waals surface area contributed by atoms with Gasteiger partial charge in [-0.15, -0.1) is 11.6 Å². The van der Waals surface area contributed by atoms with Crippen LogP contribution in [-0.4, -0.2) is 18.3 Å². The molecule has 0 aliphatic rings. The SMILES string of the molecule is Cc1c(Br)cccc1CCNC(=O)CCl. The Labute approximate surface area is 103 Å². The predicted molar refractivity (Wildman–Crippen MR) is 66.3 cm³/mol. The van der Waals surface area contributed by atoms with Gasteiger partial charge in [-0.2, -0.15) is 0 Å². The van der Waals surface area contributed by atoms with Gasteiger partial charge in [0.05, 0.1) is 0 Å². The minimum Gasteiger partial charge on any atom is -0.355 e. The Bertz CT molecular complexity index is 354. The average molecular weight is 291 g/mol. The molecule has 0 aliphatic heterocycles. The zero-order valence-electron chi connectivity index (χ0n) is 8.52. The Hall–Kier alpha value is -0.540. The number of alkyl halides is 1. The van der Waals surface area contributed by atoms with Gasteiger partial charge in [0.1, 0.15) is 5.88 Å². The largest absolute Gasteiger partial charge is 0.355 e. The van der Waals surface area contributed by atoms with E-state index in [4.69, 9.17) is 11.6 Å². The van der Waals surface area contributed by atoms with E-state index in [0.717, 1.165) is 10.9 Å². The molecular formula is C11H13BrClNO. The monoisotopic (exact) mass is 289 g/mol. The molecule has 1 aromatic rings. The third-order valence-corrected chi connectivity index (χ3v) is 3.32. The van der Waals surface area contributed by atoms with Crippen LogP contribution in [-0.2, 0) is 11.2 Å². The van der Waals surface area contributed by atoms with Gasteiger partial charge in [0.25, 0.3) is 0 Å². The van der Waals surface area contributed by atoms with Gasteiger partial charge in [-0.3, -0.25) is 4.79 Å². The van der Waals surface area contributed by atoms with E-state index in [-0.39, 0.29) is 11.8 Å². The Kier molecular flexibility index (Phi) is 5.12. The molecule has 0 atom stereocenters. The molecule has 82 valence electrons. The summed E-state index contributed by atoms with van der Waals surface area (Å²) >= 11 is 8.84. The lowest BCUT2D eigenvalue weighted by molar-refractivity contribution is -0.118. The highest BCUT2D eigenvalue weighted by Gasteiger charge is 2.02. The second kappa shape index (κ2) is 6.13. The van der Waals surface area contributed by atoms with Gasteiger partial charge in [0, 0.05) is 11.0 Å². The maximum atomic E-state index is 10.9. The number of nitrogens with one attached hydrogen (secondary N) is 1. The molecule has 2 nitrogen and oxygen atoms in total. The van der Waals surface area contributed by atoms with Crippen molar-refractivity contribution in [2.24, 2.45) is 0 Å². The van der Waals surface area contributed by atoms with Gasteiger partial charge in [0.15, 0.2) is 0 Å². The second-order valence-corrected chi connectivity index (χ2v) is 4.38. The van der Waals surface area contributed by atoms with Crippen LogP contribution in [0.4, 0.5) is 0 Å². The minimum absolute atomic E-state index is 0.0253. The van der Waals surface area contributed by atoms with Crippen LogP contribution in [0.25, 0.3) is 0 Å². The highest BCUT2D eigenvalue weighted by molar-refractivity contribution is 9.10. The Morgan fingerprint density at radius 1 is 1.53 bits per heavy atom. The van der Waals surface area contributed by atoms with Crippen molar-refractivity contribution < 1.29 is 4.79 Å². The van der Waals surface area contributed by atoms with Crippen molar-refractivity contribution in [1.82, 2.24) is 5.32 Å². The van der Waals surface area contributed by atoms with Crippen molar-refractivity contribution in [1.29, 1.82) is 0 Å². The van der Waals surface area contributed by atoms with Crippen molar-refractivity contribution in [2.75, 3.05) is 12.4 Å². The first-order chi connectivity index (χ1) is 7.15. The van der Waals surface area contributed by atoms with E-state index in [9.17, 15) is 4.79 Å². The van der Waals surface area contributed by atoms with Gasteiger partial charge >= 0.3 is 0 Å². The third-order valence-electron chi connectivity index (χ3n) is 2.22. The standard InChI is InChI=1S/C11H13BrClNO/c1-8-9(3-2-4-10(8)12)5-6-14-11(15)7-13/h2-4H,5-7H2,1H3,(H,14,15). The summed E-state index contributed by atoms with van der Waals surface area (Å²) in [6.07, 6.45) is 0.827. The Morgan fingerprint density at radius 3 is 2.93 bits per heavy atom. The topological polar surface area (TPSA) is 29.1 Å². The fourth-order valence-corrected chi connectivity index (χ4v) is 1.81. The summed E-state index contributed by atoms with van der Waals surface area (Å²) in [5.74, 6) is -0.0957. The van der Waals surface area contributed by atoms with Crippen LogP contribution >= 0.6 is 27.5 Å². The maximum absolute atomic E-state index is 10.9. The lowest BCUT2D eigenvalue weighted by Crippen LogP contribution is -2.26. The molecule has 0 saturated heterocycles. The van der Waals surface area contributed by atoms with Crippen LogP contribution < -0.4 is 5.32 Å². The molecule has 0 saturated carbocycles.